The normalized spacial score (nSPS) is 20.9. The van der Waals surface area contributed by atoms with E-state index in [9.17, 15) is 0 Å². The summed E-state index contributed by atoms with van der Waals surface area (Å²) in [7, 11) is -0.403. The lowest BCUT2D eigenvalue weighted by atomic mass is 9.77. The van der Waals surface area contributed by atoms with Gasteiger partial charge in [0, 0.05) is 12.4 Å². The summed E-state index contributed by atoms with van der Waals surface area (Å²) in [6.07, 6.45) is 2.03. The summed E-state index contributed by atoms with van der Waals surface area (Å²) in [5.41, 5.74) is 8.25. The molecule has 0 unspecified atom stereocenters. The van der Waals surface area contributed by atoms with Crippen molar-refractivity contribution in [2.45, 2.75) is 44.8 Å². The van der Waals surface area contributed by atoms with Crippen LogP contribution in [0.25, 0.3) is 6.08 Å². The van der Waals surface area contributed by atoms with E-state index in [1.54, 1.807) is 0 Å². The van der Waals surface area contributed by atoms with Crippen LogP contribution in [0, 0.1) is 0 Å². The van der Waals surface area contributed by atoms with Gasteiger partial charge in [0.15, 0.2) is 0 Å². The molecule has 1 aromatic rings. The predicted molar refractivity (Wildman–Crippen MR) is 89.1 cm³/mol. The van der Waals surface area contributed by atoms with Crippen molar-refractivity contribution in [3.8, 4) is 0 Å². The molecule has 3 nitrogen and oxygen atoms in total. The van der Waals surface area contributed by atoms with E-state index in [2.05, 4.69) is 0 Å². The van der Waals surface area contributed by atoms with Crippen molar-refractivity contribution in [3.63, 3.8) is 0 Å². The number of hydrogen-bond acceptors (Lipinski definition) is 3. The largest absolute Gasteiger partial charge is 0.491 e. The van der Waals surface area contributed by atoms with Crippen molar-refractivity contribution in [1.29, 1.82) is 0 Å². The van der Waals surface area contributed by atoms with Crippen LogP contribution >= 0.6 is 11.6 Å². The molecule has 0 saturated carbocycles. The number of rotatable bonds is 4. The maximum Gasteiger partial charge on any atom is 0.491 e. The highest BCUT2D eigenvalue weighted by atomic mass is 35.5. The Morgan fingerprint density at radius 3 is 2.38 bits per heavy atom. The fourth-order valence-electron chi connectivity index (χ4n) is 2.20. The fourth-order valence-corrected chi connectivity index (χ4v) is 2.36. The van der Waals surface area contributed by atoms with Crippen LogP contribution in [0.3, 0.4) is 0 Å². The minimum absolute atomic E-state index is 0.357. The lowest BCUT2D eigenvalue weighted by Gasteiger charge is -2.32. The number of benzene rings is 1. The predicted octanol–water partition coefficient (Wildman–Crippen LogP) is 3.40. The van der Waals surface area contributed by atoms with Crippen LogP contribution in [0.15, 0.2) is 29.7 Å². The SMILES string of the molecule is CC1(C)OB(C(=Cc2cccc(CCl)c2)CN)OC1(C)C. The quantitative estimate of drug-likeness (QED) is 0.685. The third-order valence-electron chi connectivity index (χ3n) is 4.25. The van der Waals surface area contributed by atoms with Crippen LogP contribution in [0.5, 0.6) is 0 Å². The Bertz CT molecular complexity index is 527. The maximum absolute atomic E-state index is 6.05. The van der Waals surface area contributed by atoms with Crippen molar-refractivity contribution >= 4 is 24.8 Å². The highest BCUT2D eigenvalue weighted by Gasteiger charge is 2.52. The van der Waals surface area contributed by atoms with Crippen molar-refractivity contribution < 1.29 is 9.31 Å². The highest BCUT2D eigenvalue weighted by molar-refractivity contribution is 6.55. The van der Waals surface area contributed by atoms with E-state index in [4.69, 9.17) is 26.6 Å². The molecule has 1 aliphatic heterocycles. The van der Waals surface area contributed by atoms with E-state index < -0.39 is 7.12 Å². The Morgan fingerprint density at radius 2 is 1.86 bits per heavy atom. The highest BCUT2D eigenvalue weighted by Crippen LogP contribution is 2.38. The summed E-state index contributed by atoms with van der Waals surface area (Å²) in [5.74, 6) is 0.496. The minimum Gasteiger partial charge on any atom is -0.400 e. The molecule has 0 amide bonds. The van der Waals surface area contributed by atoms with Crippen molar-refractivity contribution in [3.05, 3.63) is 40.9 Å². The van der Waals surface area contributed by atoms with Crippen molar-refractivity contribution in [2.24, 2.45) is 5.73 Å². The van der Waals surface area contributed by atoms with Crippen LogP contribution in [0.1, 0.15) is 38.8 Å². The molecular formula is C16H23BClNO2. The molecule has 2 N–H and O–H groups in total. The van der Waals surface area contributed by atoms with E-state index in [1.165, 1.54) is 0 Å². The number of hydrogen-bond donors (Lipinski definition) is 1. The Kier molecular flexibility index (Phi) is 4.84. The molecule has 1 aliphatic rings. The number of alkyl halides is 1. The Balaban J connectivity index is 2.26. The van der Waals surface area contributed by atoms with Gasteiger partial charge in [-0.15, -0.1) is 11.6 Å². The summed E-state index contributed by atoms with van der Waals surface area (Å²) in [5, 5.41) is 0. The second-order valence-electron chi connectivity index (χ2n) is 6.39. The molecule has 0 bridgehead atoms. The third kappa shape index (κ3) is 3.51. The molecule has 1 aromatic carbocycles. The topological polar surface area (TPSA) is 44.5 Å². The first-order valence-electron chi connectivity index (χ1n) is 7.20. The van der Waals surface area contributed by atoms with E-state index >= 15 is 0 Å². The van der Waals surface area contributed by atoms with Gasteiger partial charge < -0.3 is 15.0 Å². The fraction of sp³-hybridized carbons (Fsp3) is 0.500. The van der Waals surface area contributed by atoms with Gasteiger partial charge in [0.1, 0.15) is 0 Å². The summed E-state index contributed by atoms with van der Waals surface area (Å²) in [6, 6.07) is 8.06. The average molecular weight is 308 g/mol. The van der Waals surface area contributed by atoms with Gasteiger partial charge in [-0.3, -0.25) is 0 Å². The summed E-state index contributed by atoms with van der Waals surface area (Å²) >= 11 is 5.88. The lowest BCUT2D eigenvalue weighted by Crippen LogP contribution is -2.41. The standard InChI is InChI=1S/C16H23BClNO2/c1-15(2)16(3,4)21-17(20-15)14(11-19)9-12-6-5-7-13(8-12)10-18/h5-9H,10-11,19H2,1-4H3. The molecule has 0 spiro atoms. The van der Waals surface area contributed by atoms with Gasteiger partial charge in [-0.05, 0) is 44.3 Å². The molecule has 0 aromatic heterocycles. The Hall–Kier alpha value is -0.805. The van der Waals surface area contributed by atoms with Gasteiger partial charge in [-0.25, -0.2) is 0 Å². The first-order chi connectivity index (χ1) is 9.79. The van der Waals surface area contributed by atoms with Crippen LogP contribution in [-0.2, 0) is 15.2 Å². The van der Waals surface area contributed by atoms with Gasteiger partial charge in [0.05, 0.1) is 11.2 Å². The molecule has 1 fully saturated rings. The molecule has 21 heavy (non-hydrogen) atoms. The van der Waals surface area contributed by atoms with Crippen LogP contribution in [0.4, 0.5) is 0 Å². The number of nitrogens with two attached hydrogens (primary N) is 1. The van der Waals surface area contributed by atoms with Crippen molar-refractivity contribution in [2.75, 3.05) is 6.54 Å². The molecular weight excluding hydrogens is 284 g/mol. The van der Waals surface area contributed by atoms with E-state index in [0.29, 0.717) is 12.4 Å². The molecule has 1 heterocycles. The molecule has 0 atom stereocenters. The maximum atomic E-state index is 6.05. The molecule has 2 rings (SSSR count). The zero-order valence-electron chi connectivity index (χ0n) is 13.2. The molecule has 1 saturated heterocycles. The Labute approximate surface area is 132 Å². The monoisotopic (exact) mass is 307 g/mol. The minimum atomic E-state index is -0.403. The summed E-state index contributed by atoms with van der Waals surface area (Å²) < 4.78 is 12.1. The van der Waals surface area contributed by atoms with Gasteiger partial charge >= 0.3 is 7.12 Å². The van der Waals surface area contributed by atoms with Crippen LogP contribution < -0.4 is 5.73 Å². The first-order valence-corrected chi connectivity index (χ1v) is 7.73. The lowest BCUT2D eigenvalue weighted by molar-refractivity contribution is 0.00578. The molecule has 5 heteroatoms. The molecule has 0 aliphatic carbocycles. The van der Waals surface area contributed by atoms with E-state index in [1.807, 2.05) is 58.0 Å². The average Bonchev–Trinajstić information content (AvgIpc) is 2.65. The summed E-state index contributed by atoms with van der Waals surface area (Å²) in [4.78, 5) is 0. The Morgan fingerprint density at radius 1 is 1.24 bits per heavy atom. The second kappa shape index (κ2) is 6.13. The summed E-state index contributed by atoms with van der Waals surface area (Å²) in [6.45, 7) is 8.54. The van der Waals surface area contributed by atoms with E-state index in [-0.39, 0.29) is 11.2 Å². The number of halogens is 1. The van der Waals surface area contributed by atoms with Crippen LogP contribution in [0.2, 0.25) is 0 Å². The molecule has 0 radical (unpaired) electrons. The van der Waals surface area contributed by atoms with Gasteiger partial charge in [-0.1, -0.05) is 30.3 Å². The van der Waals surface area contributed by atoms with Gasteiger partial charge in [-0.2, -0.15) is 0 Å². The third-order valence-corrected chi connectivity index (χ3v) is 4.56. The smallest absolute Gasteiger partial charge is 0.400 e. The van der Waals surface area contributed by atoms with Gasteiger partial charge in [0.2, 0.25) is 0 Å². The first kappa shape index (κ1) is 16.6. The van der Waals surface area contributed by atoms with Crippen LogP contribution in [-0.4, -0.2) is 24.9 Å². The van der Waals surface area contributed by atoms with Crippen molar-refractivity contribution in [1.82, 2.24) is 0 Å². The molecule has 114 valence electrons. The van der Waals surface area contributed by atoms with E-state index in [0.717, 1.165) is 16.6 Å². The second-order valence-corrected chi connectivity index (χ2v) is 6.66. The van der Waals surface area contributed by atoms with Gasteiger partial charge in [0.25, 0.3) is 0 Å². The zero-order chi connectivity index (χ0) is 15.7. The zero-order valence-corrected chi connectivity index (χ0v) is 13.9.